The first-order valence-corrected chi connectivity index (χ1v) is 6.58. The Morgan fingerprint density at radius 2 is 2.10 bits per heavy atom. The lowest BCUT2D eigenvalue weighted by Gasteiger charge is -2.12. The number of carbonyl (C=O) groups is 1. The van der Waals surface area contributed by atoms with Crippen molar-refractivity contribution in [1.29, 1.82) is 0 Å². The Kier molecular flexibility index (Phi) is 5.62. The fraction of sp³-hybridized carbons (Fsp3) is 0.308. The van der Waals surface area contributed by atoms with Gasteiger partial charge in [-0.3, -0.25) is 0 Å². The summed E-state index contributed by atoms with van der Waals surface area (Å²) in [6.45, 7) is 1.84. The van der Waals surface area contributed by atoms with E-state index < -0.39 is 17.7 Å². The van der Waals surface area contributed by atoms with Crippen molar-refractivity contribution < 1.29 is 23.1 Å². The van der Waals surface area contributed by atoms with Crippen LogP contribution in [0.1, 0.15) is 18.9 Å². The number of alkyl halides is 3. The van der Waals surface area contributed by atoms with E-state index in [9.17, 15) is 18.0 Å². The molecule has 0 aliphatic carbocycles. The van der Waals surface area contributed by atoms with Crippen LogP contribution in [0, 0.1) is 0 Å². The van der Waals surface area contributed by atoms with Gasteiger partial charge < -0.3 is 10.4 Å². The molecular weight excluding hydrogens is 339 g/mol. The van der Waals surface area contributed by atoms with Gasteiger partial charge in [-0.05, 0) is 24.6 Å². The van der Waals surface area contributed by atoms with Crippen molar-refractivity contribution in [3.8, 4) is 0 Å². The number of benzene rings is 1. The van der Waals surface area contributed by atoms with Gasteiger partial charge >= 0.3 is 12.1 Å². The van der Waals surface area contributed by atoms with E-state index in [4.69, 9.17) is 5.11 Å². The molecule has 1 aromatic carbocycles. The highest BCUT2D eigenvalue weighted by Gasteiger charge is 2.33. The van der Waals surface area contributed by atoms with Crippen LogP contribution < -0.4 is 5.32 Å². The van der Waals surface area contributed by atoms with Crippen LogP contribution in [0.5, 0.6) is 0 Å². The van der Waals surface area contributed by atoms with Gasteiger partial charge in [0.2, 0.25) is 0 Å². The standard InChI is InChI=1S/C13H13BrF3NO2/c1-2-8(12(19)20)5-6-18-9-3-4-11(14)10(7-9)13(15,16)17/h3-5,7,18H,2,6H2,1H3,(H,19,20)/b8-5-. The fourth-order valence-corrected chi connectivity index (χ4v) is 2.00. The minimum atomic E-state index is -4.44. The van der Waals surface area contributed by atoms with Crippen molar-refractivity contribution in [1.82, 2.24) is 0 Å². The summed E-state index contributed by atoms with van der Waals surface area (Å²) >= 11 is 2.85. The molecule has 1 rings (SSSR count). The quantitative estimate of drug-likeness (QED) is 0.777. The van der Waals surface area contributed by atoms with Gasteiger partial charge in [0.25, 0.3) is 0 Å². The van der Waals surface area contributed by atoms with Crippen LogP contribution in [0.15, 0.2) is 34.3 Å². The van der Waals surface area contributed by atoms with E-state index in [2.05, 4.69) is 21.2 Å². The average molecular weight is 352 g/mol. The summed E-state index contributed by atoms with van der Waals surface area (Å²) < 4.78 is 38.0. The molecule has 0 amide bonds. The van der Waals surface area contributed by atoms with E-state index in [-0.39, 0.29) is 22.3 Å². The Labute approximate surface area is 122 Å². The second-order valence-electron chi connectivity index (χ2n) is 3.96. The summed E-state index contributed by atoms with van der Waals surface area (Å²) in [4.78, 5) is 10.8. The van der Waals surface area contributed by atoms with Crippen molar-refractivity contribution in [2.45, 2.75) is 19.5 Å². The number of halogens is 4. The average Bonchev–Trinajstić information content (AvgIpc) is 2.34. The van der Waals surface area contributed by atoms with Crippen molar-refractivity contribution in [2.75, 3.05) is 11.9 Å². The first-order chi connectivity index (χ1) is 9.25. The van der Waals surface area contributed by atoms with Gasteiger partial charge in [-0.1, -0.05) is 28.9 Å². The molecule has 0 bridgehead atoms. The first kappa shape index (κ1) is 16.6. The van der Waals surface area contributed by atoms with Gasteiger partial charge in [0.1, 0.15) is 0 Å². The van der Waals surface area contributed by atoms with E-state index in [0.29, 0.717) is 6.42 Å². The zero-order valence-electron chi connectivity index (χ0n) is 10.6. The van der Waals surface area contributed by atoms with E-state index in [1.54, 1.807) is 6.92 Å². The molecule has 7 heteroatoms. The molecule has 2 N–H and O–H groups in total. The summed E-state index contributed by atoms with van der Waals surface area (Å²) in [6, 6.07) is 3.76. The molecular formula is C13H13BrF3NO2. The molecule has 20 heavy (non-hydrogen) atoms. The molecule has 1 aromatic rings. The summed E-state index contributed by atoms with van der Waals surface area (Å²) in [6.07, 6.45) is -2.65. The summed E-state index contributed by atoms with van der Waals surface area (Å²) in [5.74, 6) is -1.03. The monoisotopic (exact) mass is 351 g/mol. The van der Waals surface area contributed by atoms with E-state index >= 15 is 0 Å². The second-order valence-corrected chi connectivity index (χ2v) is 4.82. The van der Waals surface area contributed by atoms with Gasteiger partial charge in [-0.25, -0.2) is 4.79 Å². The maximum atomic E-state index is 12.7. The van der Waals surface area contributed by atoms with Gasteiger partial charge in [-0.15, -0.1) is 0 Å². The second kappa shape index (κ2) is 6.78. The van der Waals surface area contributed by atoms with Crippen LogP contribution in [0.4, 0.5) is 18.9 Å². The van der Waals surface area contributed by atoms with Crippen molar-refractivity contribution in [3.63, 3.8) is 0 Å². The molecule has 0 spiro atoms. The molecule has 0 heterocycles. The number of hydrogen-bond donors (Lipinski definition) is 2. The number of anilines is 1. The Morgan fingerprint density at radius 3 is 2.60 bits per heavy atom. The normalized spacial score (nSPS) is 12.3. The molecule has 0 aliphatic rings. The minimum Gasteiger partial charge on any atom is -0.478 e. The highest BCUT2D eigenvalue weighted by molar-refractivity contribution is 9.10. The SMILES string of the molecule is CC/C(=C/CNc1ccc(Br)c(C(F)(F)F)c1)C(=O)O. The molecule has 0 aliphatic heterocycles. The van der Waals surface area contributed by atoms with E-state index in [1.165, 1.54) is 18.2 Å². The molecule has 3 nitrogen and oxygen atoms in total. The van der Waals surface area contributed by atoms with E-state index in [1.807, 2.05) is 0 Å². The Balaban J connectivity index is 2.82. The van der Waals surface area contributed by atoms with Crippen LogP contribution in [0.25, 0.3) is 0 Å². The topological polar surface area (TPSA) is 49.3 Å². The number of rotatable bonds is 5. The van der Waals surface area contributed by atoms with Crippen LogP contribution in [-0.2, 0) is 11.0 Å². The summed E-state index contributed by atoms with van der Waals surface area (Å²) in [7, 11) is 0. The number of aliphatic carboxylic acids is 1. The predicted molar refractivity (Wildman–Crippen MR) is 73.6 cm³/mol. The van der Waals surface area contributed by atoms with Gasteiger partial charge in [0, 0.05) is 22.3 Å². The Morgan fingerprint density at radius 1 is 1.45 bits per heavy atom. The summed E-state index contributed by atoms with van der Waals surface area (Å²) in [5, 5.41) is 11.6. The number of carboxylic acid groups (broad SMARTS) is 1. The molecule has 0 radical (unpaired) electrons. The Bertz CT molecular complexity index is 527. The molecule has 0 saturated heterocycles. The predicted octanol–water partition coefficient (Wildman–Crippen LogP) is 4.30. The minimum absolute atomic E-state index is 0.0362. The molecule has 0 atom stereocenters. The molecule has 110 valence electrons. The number of carboxylic acids is 1. The zero-order valence-corrected chi connectivity index (χ0v) is 12.2. The summed E-state index contributed by atoms with van der Waals surface area (Å²) in [5.41, 5.74) is -0.288. The Hall–Kier alpha value is -1.50. The molecule has 0 fully saturated rings. The lowest BCUT2D eigenvalue weighted by Crippen LogP contribution is -2.08. The molecule has 0 saturated carbocycles. The lowest BCUT2D eigenvalue weighted by molar-refractivity contribution is -0.138. The highest BCUT2D eigenvalue weighted by Crippen LogP contribution is 2.36. The van der Waals surface area contributed by atoms with E-state index in [0.717, 1.165) is 6.07 Å². The number of nitrogens with one attached hydrogen (secondary N) is 1. The maximum absolute atomic E-state index is 12.7. The lowest BCUT2D eigenvalue weighted by atomic mass is 10.2. The van der Waals surface area contributed by atoms with Gasteiger partial charge in [0.05, 0.1) is 5.56 Å². The van der Waals surface area contributed by atoms with Gasteiger partial charge in [-0.2, -0.15) is 13.2 Å². The third-order valence-corrected chi connectivity index (χ3v) is 3.27. The third kappa shape index (κ3) is 4.56. The van der Waals surface area contributed by atoms with Gasteiger partial charge in [0.15, 0.2) is 0 Å². The van der Waals surface area contributed by atoms with Crippen molar-refractivity contribution in [2.24, 2.45) is 0 Å². The van der Waals surface area contributed by atoms with Crippen LogP contribution in [0.3, 0.4) is 0 Å². The third-order valence-electron chi connectivity index (χ3n) is 2.58. The maximum Gasteiger partial charge on any atom is 0.417 e. The van der Waals surface area contributed by atoms with Crippen molar-refractivity contribution in [3.05, 3.63) is 39.9 Å². The van der Waals surface area contributed by atoms with Crippen LogP contribution >= 0.6 is 15.9 Å². The number of hydrogen-bond acceptors (Lipinski definition) is 2. The van der Waals surface area contributed by atoms with Crippen molar-refractivity contribution >= 4 is 27.6 Å². The molecule has 0 unspecified atom stereocenters. The fourth-order valence-electron chi connectivity index (χ4n) is 1.53. The van der Waals surface area contributed by atoms with Crippen LogP contribution in [-0.4, -0.2) is 17.6 Å². The molecule has 0 aromatic heterocycles. The highest BCUT2D eigenvalue weighted by atomic mass is 79.9. The first-order valence-electron chi connectivity index (χ1n) is 5.78. The van der Waals surface area contributed by atoms with Crippen LogP contribution in [0.2, 0.25) is 0 Å². The smallest absolute Gasteiger partial charge is 0.417 e. The zero-order chi connectivity index (χ0) is 15.3. The largest absolute Gasteiger partial charge is 0.478 e.